The molecule has 0 radical (unpaired) electrons. The van der Waals surface area contributed by atoms with E-state index in [0.29, 0.717) is 23.1 Å². The number of hydrogen-bond acceptors (Lipinski definition) is 5. The number of nitrogens with one attached hydrogen (secondary N) is 1. The van der Waals surface area contributed by atoms with Crippen LogP contribution in [0.1, 0.15) is 35.8 Å². The summed E-state index contributed by atoms with van der Waals surface area (Å²) in [6.45, 7) is 2.49. The first kappa shape index (κ1) is 18.3. The van der Waals surface area contributed by atoms with Crippen LogP contribution in [0, 0.1) is 0 Å². The zero-order chi connectivity index (χ0) is 19.2. The van der Waals surface area contributed by atoms with Crippen LogP contribution in [0.3, 0.4) is 0 Å². The Hall–Kier alpha value is -3.48. The highest BCUT2D eigenvalue weighted by Gasteiger charge is 2.21. The van der Waals surface area contributed by atoms with E-state index >= 15 is 0 Å². The number of nitrogens with zero attached hydrogens (tertiary/aromatic N) is 3. The molecule has 3 aromatic rings. The third-order valence-electron chi connectivity index (χ3n) is 4.16. The summed E-state index contributed by atoms with van der Waals surface area (Å²) >= 11 is 0. The summed E-state index contributed by atoms with van der Waals surface area (Å²) in [5, 5.41) is 14.8. The average molecular weight is 364 g/mol. The lowest BCUT2D eigenvalue weighted by atomic mass is 10.1. The Kier molecular flexibility index (Phi) is 5.61. The molecule has 0 saturated carbocycles. The van der Waals surface area contributed by atoms with Crippen molar-refractivity contribution in [1.82, 2.24) is 15.0 Å². The van der Waals surface area contributed by atoms with Gasteiger partial charge in [-0.15, -0.1) is 0 Å². The SMILES string of the molecule is CCCCn1c(=O)c(C(=O)N/N=C\c2ccccn2)c(O)c2ccccc21. The molecule has 0 fully saturated rings. The molecule has 0 atom stereocenters. The van der Waals surface area contributed by atoms with Gasteiger partial charge < -0.3 is 9.67 Å². The Labute approximate surface area is 156 Å². The van der Waals surface area contributed by atoms with Gasteiger partial charge in [0.1, 0.15) is 11.3 Å². The van der Waals surface area contributed by atoms with Crippen molar-refractivity contribution in [3.05, 3.63) is 70.3 Å². The normalized spacial score (nSPS) is 11.1. The van der Waals surface area contributed by atoms with E-state index in [2.05, 4.69) is 15.5 Å². The summed E-state index contributed by atoms with van der Waals surface area (Å²) in [4.78, 5) is 29.4. The number of pyridine rings is 2. The van der Waals surface area contributed by atoms with Crippen molar-refractivity contribution in [2.45, 2.75) is 26.3 Å². The molecule has 2 N–H and O–H groups in total. The first-order chi connectivity index (χ1) is 13.1. The molecule has 7 heteroatoms. The van der Waals surface area contributed by atoms with Crippen LogP contribution in [-0.2, 0) is 6.54 Å². The molecule has 0 aliphatic rings. The molecule has 1 aromatic carbocycles. The second-order valence-corrected chi connectivity index (χ2v) is 6.00. The van der Waals surface area contributed by atoms with Crippen LogP contribution in [-0.4, -0.2) is 26.8 Å². The van der Waals surface area contributed by atoms with Crippen LogP contribution < -0.4 is 11.0 Å². The van der Waals surface area contributed by atoms with Crippen molar-refractivity contribution in [3.63, 3.8) is 0 Å². The van der Waals surface area contributed by atoms with Crippen LogP contribution in [0.25, 0.3) is 10.9 Å². The average Bonchev–Trinajstić information content (AvgIpc) is 2.69. The first-order valence-electron chi connectivity index (χ1n) is 8.72. The van der Waals surface area contributed by atoms with Gasteiger partial charge in [0, 0.05) is 18.1 Å². The number of carbonyl (C=O) groups is 1. The number of unbranched alkanes of at least 4 members (excludes halogenated alkanes) is 1. The van der Waals surface area contributed by atoms with E-state index in [-0.39, 0.29) is 11.3 Å². The van der Waals surface area contributed by atoms with Gasteiger partial charge in [-0.1, -0.05) is 31.5 Å². The Balaban J connectivity index is 1.99. The zero-order valence-electron chi connectivity index (χ0n) is 14.9. The van der Waals surface area contributed by atoms with Crippen molar-refractivity contribution in [1.29, 1.82) is 0 Å². The van der Waals surface area contributed by atoms with Crippen molar-refractivity contribution in [2.24, 2.45) is 5.10 Å². The van der Waals surface area contributed by atoms with E-state index in [4.69, 9.17) is 0 Å². The van der Waals surface area contributed by atoms with E-state index in [0.717, 1.165) is 12.8 Å². The van der Waals surface area contributed by atoms with Gasteiger partial charge in [0.05, 0.1) is 17.4 Å². The van der Waals surface area contributed by atoms with E-state index < -0.39 is 11.5 Å². The van der Waals surface area contributed by atoms with Gasteiger partial charge in [-0.2, -0.15) is 5.10 Å². The summed E-state index contributed by atoms with van der Waals surface area (Å²) in [5.74, 6) is -1.10. The van der Waals surface area contributed by atoms with E-state index in [9.17, 15) is 14.7 Å². The summed E-state index contributed by atoms with van der Waals surface area (Å²) in [5.41, 5.74) is 2.60. The van der Waals surface area contributed by atoms with Gasteiger partial charge in [-0.3, -0.25) is 14.6 Å². The fraction of sp³-hybridized carbons (Fsp3) is 0.200. The molecule has 0 bridgehead atoms. The molecular weight excluding hydrogens is 344 g/mol. The number of hydrazone groups is 1. The van der Waals surface area contributed by atoms with Gasteiger partial charge in [-0.25, -0.2) is 5.43 Å². The number of para-hydroxylation sites is 1. The number of carbonyl (C=O) groups excluding carboxylic acids is 1. The Bertz CT molecular complexity index is 1040. The number of rotatable bonds is 6. The quantitative estimate of drug-likeness (QED) is 0.519. The molecule has 1 amide bonds. The van der Waals surface area contributed by atoms with Gasteiger partial charge in [-0.05, 0) is 30.7 Å². The fourth-order valence-corrected chi connectivity index (χ4v) is 2.80. The smallest absolute Gasteiger partial charge is 0.280 e. The fourth-order valence-electron chi connectivity index (χ4n) is 2.80. The molecule has 0 aliphatic heterocycles. The zero-order valence-corrected chi connectivity index (χ0v) is 14.9. The number of hydrogen-bond donors (Lipinski definition) is 2. The van der Waals surface area contributed by atoms with E-state index in [1.54, 1.807) is 48.7 Å². The molecule has 0 saturated heterocycles. The highest BCUT2D eigenvalue weighted by molar-refractivity contribution is 6.02. The molecule has 0 unspecified atom stereocenters. The molecule has 3 rings (SSSR count). The minimum Gasteiger partial charge on any atom is -0.506 e. The maximum absolute atomic E-state index is 12.9. The van der Waals surface area contributed by atoms with Gasteiger partial charge >= 0.3 is 0 Å². The van der Waals surface area contributed by atoms with Gasteiger partial charge in [0.15, 0.2) is 0 Å². The summed E-state index contributed by atoms with van der Waals surface area (Å²) in [6, 6.07) is 12.3. The molecule has 138 valence electrons. The van der Waals surface area contributed by atoms with Crippen LogP contribution in [0.4, 0.5) is 0 Å². The second-order valence-electron chi connectivity index (χ2n) is 6.00. The standard InChI is InChI=1S/C20H20N4O3/c1-2-3-12-24-16-10-5-4-9-15(16)18(25)17(20(24)27)19(26)23-22-13-14-8-6-7-11-21-14/h4-11,13,25H,2-3,12H2,1H3,(H,23,26)/b22-13-. The highest BCUT2D eigenvalue weighted by Crippen LogP contribution is 2.26. The predicted octanol–water partition coefficient (Wildman–Crippen LogP) is 2.67. The van der Waals surface area contributed by atoms with Gasteiger partial charge in [0.2, 0.25) is 0 Å². The number of amides is 1. The minimum atomic E-state index is -0.763. The lowest BCUT2D eigenvalue weighted by Gasteiger charge is -2.14. The van der Waals surface area contributed by atoms with Crippen LogP contribution >= 0.6 is 0 Å². The Morgan fingerprint density at radius 1 is 1.26 bits per heavy atom. The number of fused-ring (bicyclic) bond motifs is 1. The molecule has 27 heavy (non-hydrogen) atoms. The van der Waals surface area contributed by atoms with Crippen molar-refractivity contribution in [2.75, 3.05) is 0 Å². The van der Waals surface area contributed by atoms with Gasteiger partial charge in [0.25, 0.3) is 11.5 Å². The topological polar surface area (TPSA) is 96.6 Å². The van der Waals surface area contributed by atoms with Crippen LogP contribution in [0.5, 0.6) is 5.75 Å². The van der Waals surface area contributed by atoms with Crippen molar-refractivity contribution in [3.8, 4) is 5.75 Å². The molecule has 2 aromatic heterocycles. The van der Waals surface area contributed by atoms with E-state index in [1.807, 2.05) is 6.92 Å². The summed E-state index contributed by atoms with van der Waals surface area (Å²) < 4.78 is 1.52. The number of aromatic hydroxyl groups is 1. The number of aromatic nitrogens is 2. The lowest BCUT2D eigenvalue weighted by molar-refractivity contribution is 0.0950. The third kappa shape index (κ3) is 3.87. The monoisotopic (exact) mass is 364 g/mol. The van der Waals surface area contributed by atoms with Crippen LogP contribution in [0.15, 0.2) is 58.6 Å². The predicted molar refractivity (Wildman–Crippen MR) is 104 cm³/mol. The summed E-state index contributed by atoms with van der Waals surface area (Å²) in [7, 11) is 0. The Morgan fingerprint density at radius 2 is 2.04 bits per heavy atom. The van der Waals surface area contributed by atoms with E-state index in [1.165, 1.54) is 10.8 Å². The maximum Gasteiger partial charge on any atom is 0.280 e. The Morgan fingerprint density at radius 3 is 2.78 bits per heavy atom. The molecule has 0 aliphatic carbocycles. The van der Waals surface area contributed by atoms with Crippen molar-refractivity contribution >= 4 is 23.0 Å². The summed E-state index contributed by atoms with van der Waals surface area (Å²) in [6.07, 6.45) is 4.65. The number of aryl methyl sites for hydroxylation is 1. The lowest BCUT2D eigenvalue weighted by Crippen LogP contribution is -2.31. The third-order valence-corrected chi connectivity index (χ3v) is 4.16. The molecular formula is C20H20N4O3. The second kappa shape index (κ2) is 8.27. The molecule has 7 nitrogen and oxygen atoms in total. The molecule has 0 spiro atoms. The number of benzene rings is 1. The largest absolute Gasteiger partial charge is 0.506 e. The highest BCUT2D eigenvalue weighted by atomic mass is 16.3. The van der Waals surface area contributed by atoms with Crippen LogP contribution in [0.2, 0.25) is 0 Å². The minimum absolute atomic E-state index is 0.317. The first-order valence-corrected chi connectivity index (χ1v) is 8.72. The molecule has 2 heterocycles. The maximum atomic E-state index is 12.9. The van der Waals surface area contributed by atoms with Crippen molar-refractivity contribution < 1.29 is 9.90 Å².